The Morgan fingerprint density at radius 1 is 1.18 bits per heavy atom. The minimum absolute atomic E-state index is 0.279. The molecule has 0 bridgehead atoms. The first-order chi connectivity index (χ1) is 8.07. The summed E-state index contributed by atoms with van der Waals surface area (Å²) in [7, 11) is 0. The number of para-hydroxylation sites is 1. The summed E-state index contributed by atoms with van der Waals surface area (Å²) in [6.45, 7) is 0.660. The molecule has 1 aromatic rings. The maximum absolute atomic E-state index is 12.8. The first-order valence-electron chi connectivity index (χ1n) is 6.01. The summed E-state index contributed by atoms with van der Waals surface area (Å²) < 4.78 is 38.5. The van der Waals surface area contributed by atoms with E-state index in [0.29, 0.717) is 18.2 Å². The maximum atomic E-state index is 12.8. The van der Waals surface area contributed by atoms with E-state index >= 15 is 0 Å². The molecule has 1 aliphatic carbocycles. The summed E-state index contributed by atoms with van der Waals surface area (Å²) in [6, 6.07) is 4.53. The van der Waals surface area contributed by atoms with E-state index in [1.54, 1.807) is 0 Å². The van der Waals surface area contributed by atoms with E-state index in [4.69, 9.17) is 0 Å². The standard InChI is InChI=1S/C13H14F3N/c14-13(15,16)11-6-2-5-9-10(7-17-12(9)11)8-3-1-4-8/h2,5-6,8,10,17H,1,3-4,7H2. The van der Waals surface area contributed by atoms with E-state index in [-0.39, 0.29) is 5.92 Å². The summed E-state index contributed by atoms with van der Waals surface area (Å²) in [5.74, 6) is 0.855. The Hall–Kier alpha value is -1.19. The number of rotatable bonds is 1. The second kappa shape index (κ2) is 3.65. The highest BCUT2D eigenvalue weighted by Crippen LogP contribution is 2.48. The molecule has 0 spiro atoms. The fourth-order valence-electron chi connectivity index (χ4n) is 2.90. The highest BCUT2D eigenvalue weighted by Gasteiger charge is 2.40. The number of halogens is 3. The van der Waals surface area contributed by atoms with Crippen LogP contribution >= 0.6 is 0 Å². The minimum Gasteiger partial charge on any atom is -0.384 e. The molecule has 1 heterocycles. The molecule has 0 aromatic heterocycles. The van der Waals surface area contributed by atoms with Crippen molar-refractivity contribution >= 4 is 5.69 Å². The lowest BCUT2D eigenvalue weighted by Gasteiger charge is -2.31. The normalized spacial score (nSPS) is 24.1. The molecule has 1 nitrogen and oxygen atoms in total. The lowest BCUT2D eigenvalue weighted by molar-refractivity contribution is -0.136. The fraction of sp³-hybridized carbons (Fsp3) is 0.538. The van der Waals surface area contributed by atoms with Gasteiger partial charge in [0.1, 0.15) is 0 Å². The molecule has 2 aliphatic rings. The first kappa shape index (κ1) is 10.9. The molecule has 1 aliphatic heterocycles. The van der Waals surface area contributed by atoms with Gasteiger partial charge >= 0.3 is 6.18 Å². The smallest absolute Gasteiger partial charge is 0.384 e. The zero-order chi connectivity index (χ0) is 12.0. The van der Waals surface area contributed by atoms with Gasteiger partial charge < -0.3 is 5.32 Å². The SMILES string of the molecule is FC(F)(F)c1cccc2c1NCC2C1CCC1. The van der Waals surface area contributed by atoms with Gasteiger partial charge in [-0.15, -0.1) is 0 Å². The van der Waals surface area contributed by atoms with Crippen molar-refractivity contribution in [1.82, 2.24) is 0 Å². The fourth-order valence-corrected chi connectivity index (χ4v) is 2.90. The molecule has 0 saturated heterocycles. The zero-order valence-electron chi connectivity index (χ0n) is 9.35. The third-order valence-corrected chi connectivity index (χ3v) is 4.02. The molecule has 1 fully saturated rings. The second-order valence-electron chi connectivity index (χ2n) is 4.95. The molecule has 4 heteroatoms. The van der Waals surface area contributed by atoms with Crippen molar-refractivity contribution < 1.29 is 13.2 Å². The van der Waals surface area contributed by atoms with Gasteiger partial charge in [-0.1, -0.05) is 18.6 Å². The van der Waals surface area contributed by atoms with Gasteiger partial charge in [-0.05, 0) is 30.4 Å². The van der Waals surface area contributed by atoms with Gasteiger partial charge in [-0.25, -0.2) is 0 Å². The summed E-state index contributed by atoms with van der Waals surface area (Å²) >= 11 is 0. The van der Waals surface area contributed by atoms with Gasteiger partial charge in [0.05, 0.1) is 5.56 Å². The molecule has 1 atom stereocenters. The van der Waals surface area contributed by atoms with Crippen LogP contribution in [-0.4, -0.2) is 6.54 Å². The van der Waals surface area contributed by atoms with Crippen molar-refractivity contribution in [1.29, 1.82) is 0 Å². The van der Waals surface area contributed by atoms with Gasteiger partial charge in [0.25, 0.3) is 0 Å². The summed E-state index contributed by atoms with van der Waals surface area (Å²) in [5, 5.41) is 2.95. The zero-order valence-corrected chi connectivity index (χ0v) is 9.35. The predicted molar refractivity (Wildman–Crippen MR) is 60.0 cm³/mol. The van der Waals surface area contributed by atoms with Gasteiger partial charge in [0.15, 0.2) is 0 Å². The predicted octanol–water partition coefficient (Wildman–Crippen LogP) is 4.01. The Morgan fingerprint density at radius 3 is 2.53 bits per heavy atom. The van der Waals surface area contributed by atoms with Crippen LogP contribution in [0.25, 0.3) is 0 Å². The number of anilines is 1. The average molecular weight is 241 g/mol. The highest BCUT2D eigenvalue weighted by molar-refractivity contribution is 5.64. The van der Waals surface area contributed by atoms with Crippen LogP contribution in [0.1, 0.15) is 36.3 Å². The lowest BCUT2D eigenvalue weighted by atomic mass is 9.74. The van der Waals surface area contributed by atoms with E-state index in [2.05, 4.69) is 5.32 Å². The topological polar surface area (TPSA) is 12.0 Å². The van der Waals surface area contributed by atoms with Crippen LogP contribution in [0.5, 0.6) is 0 Å². The van der Waals surface area contributed by atoms with E-state index in [9.17, 15) is 13.2 Å². The Labute approximate surface area is 98.0 Å². The highest BCUT2D eigenvalue weighted by atomic mass is 19.4. The minimum atomic E-state index is -4.26. The van der Waals surface area contributed by atoms with Gasteiger partial charge in [0.2, 0.25) is 0 Å². The lowest BCUT2D eigenvalue weighted by Crippen LogP contribution is -2.21. The molecule has 0 radical (unpaired) electrons. The quantitative estimate of drug-likeness (QED) is 0.783. The Kier molecular flexibility index (Phi) is 2.35. The molecule has 0 amide bonds. The van der Waals surface area contributed by atoms with Crippen molar-refractivity contribution in [3.05, 3.63) is 29.3 Å². The molecule has 3 rings (SSSR count). The van der Waals surface area contributed by atoms with E-state index in [0.717, 1.165) is 24.5 Å². The molecule has 17 heavy (non-hydrogen) atoms. The molecule has 1 saturated carbocycles. The van der Waals surface area contributed by atoms with Crippen molar-refractivity contribution in [2.75, 3.05) is 11.9 Å². The van der Waals surface area contributed by atoms with Crippen LogP contribution in [0.4, 0.5) is 18.9 Å². The Morgan fingerprint density at radius 2 is 1.94 bits per heavy atom. The number of alkyl halides is 3. The van der Waals surface area contributed by atoms with Gasteiger partial charge in [-0.3, -0.25) is 0 Å². The van der Waals surface area contributed by atoms with Crippen LogP contribution in [0.2, 0.25) is 0 Å². The van der Waals surface area contributed by atoms with E-state index in [1.807, 2.05) is 6.07 Å². The van der Waals surface area contributed by atoms with Crippen molar-refractivity contribution in [3.63, 3.8) is 0 Å². The second-order valence-corrected chi connectivity index (χ2v) is 4.95. The largest absolute Gasteiger partial charge is 0.418 e. The summed E-state index contributed by atoms with van der Waals surface area (Å²) in [4.78, 5) is 0. The monoisotopic (exact) mass is 241 g/mol. The molecule has 1 unspecified atom stereocenters. The number of nitrogens with one attached hydrogen (secondary N) is 1. The third-order valence-electron chi connectivity index (χ3n) is 4.02. The van der Waals surface area contributed by atoms with Crippen LogP contribution in [-0.2, 0) is 6.18 Å². The number of fused-ring (bicyclic) bond motifs is 1. The Balaban J connectivity index is 1.99. The third kappa shape index (κ3) is 1.70. The average Bonchev–Trinajstić information content (AvgIpc) is 2.58. The maximum Gasteiger partial charge on any atom is 0.418 e. The van der Waals surface area contributed by atoms with Gasteiger partial charge in [0, 0.05) is 18.2 Å². The molecular weight excluding hydrogens is 227 g/mol. The van der Waals surface area contributed by atoms with E-state index in [1.165, 1.54) is 12.5 Å². The van der Waals surface area contributed by atoms with E-state index < -0.39 is 11.7 Å². The summed E-state index contributed by atoms with van der Waals surface area (Å²) in [5.41, 5.74) is 0.665. The number of benzene rings is 1. The summed E-state index contributed by atoms with van der Waals surface area (Å²) in [6.07, 6.45) is -0.730. The molecular formula is C13H14F3N. The number of hydrogen-bond acceptors (Lipinski definition) is 1. The van der Waals surface area contributed by atoms with Crippen LogP contribution < -0.4 is 5.32 Å². The first-order valence-corrected chi connectivity index (χ1v) is 6.01. The number of hydrogen-bond donors (Lipinski definition) is 1. The van der Waals surface area contributed by atoms with Crippen LogP contribution in [0, 0.1) is 5.92 Å². The Bertz CT molecular complexity index is 435. The van der Waals surface area contributed by atoms with Crippen molar-refractivity contribution in [2.45, 2.75) is 31.4 Å². The van der Waals surface area contributed by atoms with Crippen LogP contribution in [0.3, 0.4) is 0 Å². The molecule has 1 aromatic carbocycles. The molecule has 92 valence electrons. The van der Waals surface area contributed by atoms with Gasteiger partial charge in [-0.2, -0.15) is 13.2 Å². The van der Waals surface area contributed by atoms with Crippen molar-refractivity contribution in [2.24, 2.45) is 5.92 Å². The molecule has 1 N–H and O–H groups in total. The van der Waals surface area contributed by atoms with Crippen LogP contribution in [0.15, 0.2) is 18.2 Å². The van der Waals surface area contributed by atoms with Crippen molar-refractivity contribution in [3.8, 4) is 0 Å².